The number of nitrogens with zero attached hydrogens (tertiary/aromatic N) is 4. The number of thiophene rings is 1. The van der Waals surface area contributed by atoms with Gasteiger partial charge in [-0.05, 0) is 55.0 Å². The summed E-state index contributed by atoms with van der Waals surface area (Å²) in [4.78, 5) is 19.2. The van der Waals surface area contributed by atoms with Crippen molar-refractivity contribution in [1.82, 2.24) is 30.1 Å². The number of nitrogens with one attached hydrogen (secondary N) is 2. The van der Waals surface area contributed by atoms with Crippen molar-refractivity contribution in [1.29, 1.82) is 0 Å². The van der Waals surface area contributed by atoms with Gasteiger partial charge in [-0.2, -0.15) is 5.10 Å². The lowest BCUT2D eigenvalue weighted by atomic mass is 10.1. The second-order valence-electron chi connectivity index (χ2n) is 7.14. The minimum atomic E-state index is 0.689. The molecule has 0 aromatic carbocycles. The van der Waals surface area contributed by atoms with Gasteiger partial charge < -0.3 is 4.98 Å². The van der Waals surface area contributed by atoms with Crippen LogP contribution in [0.5, 0.6) is 0 Å². The van der Waals surface area contributed by atoms with E-state index in [2.05, 4.69) is 61.3 Å². The molecule has 0 aliphatic rings. The van der Waals surface area contributed by atoms with Crippen molar-refractivity contribution in [2.45, 2.75) is 6.92 Å². The Morgan fingerprint density at radius 3 is 2.60 bits per heavy atom. The van der Waals surface area contributed by atoms with Gasteiger partial charge in [0.1, 0.15) is 0 Å². The number of rotatable bonds is 3. The van der Waals surface area contributed by atoms with Gasteiger partial charge in [0.25, 0.3) is 0 Å². The van der Waals surface area contributed by atoms with Crippen LogP contribution >= 0.6 is 11.3 Å². The Labute approximate surface area is 175 Å². The van der Waals surface area contributed by atoms with E-state index in [0.717, 1.165) is 44.5 Å². The van der Waals surface area contributed by atoms with Gasteiger partial charge in [0.2, 0.25) is 0 Å². The number of hydrogen-bond acceptors (Lipinski definition) is 5. The Morgan fingerprint density at radius 1 is 0.867 bits per heavy atom. The van der Waals surface area contributed by atoms with Gasteiger partial charge in [0.05, 0.1) is 22.0 Å². The number of fused-ring (bicyclic) bond motifs is 2. The maximum atomic E-state index is 4.65. The van der Waals surface area contributed by atoms with Gasteiger partial charge in [-0.3, -0.25) is 15.1 Å². The van der Waals surface area contributed by atoms with E-state index in [1.54, 1.807) is 23.7 Å². The highest BCUT2D eigenvalue weighted by atomic mass is 32.1. The summed E-state index contributed by atoms with van der Waals surface area (Å²) in [5, 5.41) is 9.62. The normalized spacial score (nSPS) is 11.5. The Hall–Kier alpha value is -3.84. The third kappa shape index (κ3) is 2.71. The summed E-state index contributed by atoms with van der Waals surface area (Å²) in [6.45, 7) is 2.11. The number of aromatic amines is 2. The second-order valence-corrected chi connectivity index (χ2v) is 8.43. The molecule has 6 nitrogen and oxygen atoms in total. The van der Waals surface area contributed by atoms with Crippen LogP contribution in [0, 0.1) is 6.92 Å². The minimum absolute atomic E-state index is 0.689. The molecule has 30 heavy (non-hydrogen) atoms. The lowest BCUT2D eigenvalue weighted by Gasteiger charge is -2.01. The molecule has 0 bridgehead atoms. The van der Waals surface area contributed by atoms with Gasteiger partial charge in [0.15, 0.2) is 5.65 Å². The van der Waals surface area contributed by atoms with Gasteiger partial charge in [-0.15, -0.1) is 11.3 Å². The summed E-state index contributed by atoms with van der Waals surface area (Å²) >= 11 is 1.75. The molecule has 0 unspecified atom stereocenters. The highest BCUT2D eigenvalue weighted by molar-refractivity contribution is 7.15. The zero-order chi connectivity index (χ0) is 20.1. The molecule has 7 heteroatoms. The van der Waals surface area contributed by atoms with Crippen LogP contribution in [-0.4, -0.2) is 30.1 Å². The Kier molecular flexibility index (Phi) is 3.75. The van der Waals surface area contributed by atoms with Crippen molar-refractivity contribution in [3.05, 3.63) is 72.1 Å². The van der Waals surface area contributed by atoms with Crippen LogP contribution in [-0.2, 0) is 0 Å². The predicted molar refractivity (Wildman–Crippen MR) is 120 cm³/mol. The molecule has 0 fully saturated rings. The smallest absolute Gasteiger partial charge is 0.181 e. The molecule has 0 spiro atoms. The van der Waals surface area contributed by atoms with E-state index in [1.165, 1.54) is 9.75 Å². The van der Waals surface area contributed by atoms with Crippen LogP contribution in [0.15, 0.2) is 67.3 Å². The van der Waals surface area contributed by atoms with E-state index in [0.29, 0.717) is 5.65 Å². The topological polar surface area (TPSA) is 83.1 Å². The molecule has 0 aliphatic heterocycles. The molecule has 0 saturated carbocycles. The maximum absolute atomic E-state index is 4.65. The van der Waals surface area contributed by atoms with Gasteiger partial charge in [0, 0.05) is 51.5 Å². The van der Waals surface area contributed by atoms with Crippen molar-refractivity contribution in [3.8, 4) is 33.1 Å². The molecule has 0 saturated heterocycles. The van der Waals surface area contributed by atoms with E-state index >= 15 is 0 Å². The lowest BCUT2D eigenvalue weighted by Crippen LogP contribution is -1.83. The quantitative estimate of drug-likeness (QED) is 0.399. The first-order valence-electron chi connectivity index (χ1n) is 9.56. The van der Waals surface area contributed by atoms with Crippen LogP contribution in [0.25, 0.3) is 55.0 Å². The number of hydrogen-bond donors (Lipinski definition) is 2. The van der Waals surface area contributed by atoms with Crippen LogP contribution in [0.2, 0.25) is 0 Å². The highest BCUT2D eigenvalue weighted by Gasteiger charge is 2.15. The minimum Gasteiger partial charge on any atom is -0.353 e. The van der Waals surface area contributed by atoms with E-state index in [9.17, 15) is 0 Å². The molecule has 2 N–H and O–H groups in total. The average molecular weight is 408 g/mol. The van der Waals surface area contributed by atoms with E-state index in [1.807, 2.05) is 30.6 Å². The first-order valence-corrected chi connectivity index (χ1v) is 10.4. The summed E-state index contributed by atoms with van der Waals surface area (Å²) in [6, 6.07) is 14.5. The molecular weight excluding hydrogens is 392 g/mol. The van der Waals surface area contributed by atoms with Gasteiger partial charge in [-0.25, -0.2) is 4.98 Å². The molecule has 6 rings (SSSR count). The van der Waals surface area contributed by atoms with Crippen LogP contribution in [0.3, 0.4) is 0 Å². The van der Waals surface area contributed by atoms with Crippen molar-refractivity contribution < 1.29 is 0 Å². The number of aromatic nitrogens is 6. The summed E-state index contributed by atoms with van der Waals surface area (Å²) in [5.41, 5.74) is 6.70. The fourth-order valence-electron chi connectivity index (χ4n) is 3.75. The van der Waals surface area contributed by atoms with Gasteiger partial charge >= 0.3 is 0 Å². The Morgan fingerprint density at radius 2 is 1.77 bits per heavy atom. The maximum Gasteiger partial charge on any atom is 0.181 e. The predicted octanol–water partition coefficient (Wildman–Crippen LogP) is 5.60. The molecule has 0 radical (unpaired) electrons. The fraction of sp³-hybridized carbons (Fsp3) is 0.0435. The Balaban J connectivity index is 1.52. The molecule has 6 aromatic heterocycles. The van der Waals surface area contributed by atoms with Crippen molar-refractivity contribution in [2.75, 3.05) is 0 Å². The van der Waals surface area contributed by atoms with Crippen LogP contribution in [0.1, 0.15) is 4.88 Å². The van der Waals surface area contributed by atoms with Crippen molar-refractivity contribution >= 4 is 33.3 Å². The summed E-state index contributed by atoms with van der Waals surface area (Å²) in [5.74, 6) is 0. The SMILES string of the molecule is Cc1ccc(-c2nccc3[nH]c(-c4[nH]nc5ncc(-c6ccncc6)cc45)cc23)s1. The fourth-order valence-corrected chi connectivity index (χ4v) is 4.63. The first kappa shape index (κ1) is 17.1. The summed E-state index contributed by atoms with van der Waals surface area (Å²) in [7, 11) is 0. The monoisotopic (exact) mass is 408 g/mol. The zero-order valence-electron chi connectivity index (χ0n) is 16.0. The summed E-state index contributed by atoms with van der Waals surface area (Å²) < 4.78 is 0. The summed E-state index contributed by atoms with van der Waals surface area (Å²) in [6.07, 6.45) is 7.26. The largest absolute Gasteiger partial charge is 0.353 e. The first-order chi connectivity index (χ1) is 14.8. The second kappa shape index (κ2) is 6.60. The molecular formula is C23H16N6S. The van der Waals surface area contributed by atoms with Crippen LogP contribution < -0.4 is 0 Å². The van der Waals surface area contributed by atoms with E-state index in [-0.39, 0.29) is 0 Å². The molecule has 144 valence electrons. The van der Waals surface area contributed by atoms with Crippen molar-refractivity contribution in [3.63, 3.8) is 0 Å². The zero-order valence-corrected chi connectivity index (χ0v) is 16.9. The third-order valence-corrected chi connectivity index (χ3v) is 6.22. The van der Waals surface area contributed by atoms with Crippen molar-refractivity contribution in [2.24, 2.45) is 0 Å². The average Bonchev–Trinajstić information content (AvgIpc) is 3.51. The highest BCUT2D eigenvalue weighted by Crippen LogP contribution is 2.35. The third-order valence-electron chi connectivity index (χ3n) is 5.21. The standard InChI is InChI=1S/C23H16N6S/c1-13-2-3-20(30-13)22-16-11-19(27-18(16)6-9-25-22)21-17-10-15(12-26-23(17)29-28-21)14-4-7-24-8-5-14/h2-12,27H,1H3,(H,26,28,29). The number of aryl methyl sites for hydroxylation is 1. The number of pyridine rings is 3. The molecule has 6 heterocycles. The molecule has 0 amide bonds. The van der Waals surface area contributed by atoms with Crippen LogP contribution in [0.4, 0.5) is 0 Å². The van der Waals surface area contributed by atoms with Gasteiger partial charge in [-0.1, -0.05) is 0 Å². The molecule has 0 aliphatic carbocycles. The van der Waals surface area contributed by atoms with E-state index < -0.39 is 0 Å². The number of H-pyrrole nitrogens is 2. The molecule has 6 aromatic rings. The Bertz CT molecular complexity index is 1510. The molecule has 0 atom stereocenters. The van der Waals surface area contributed by atoms with E-state index in [4.69, 9.17) is 0 Å². The lowest BCUT2D eigenvalue weighted by molar-refractivity contribution is 1.10.